The van der Waals surface area contributed by atoms with Crippen molar-refractivity contribution in [2.24, 2.45) is 5.10 Å². The molecule has 3 heterocycles. The van der Waals surface area contributed by atoms with E-state index in [9.17, 15) is 0 Å². The molecule has 2 aliphatic heterocycles. The summed E-state index contributed by atoms with van der Waals surface area (Å²) < 4.78 is 12.1. The van der Waals surface area contributed by atoms with Crippen LogP contribution in [-0.2, 0) is 0 Å². The van der Waals surface area contributed by atoms with Crippen molar-refractivity contribution in [2.45, 2.75) is 58.5 Å². The number of hydrogen-bond donors (Lipinski definition) is 1. The maximum absolute atomic E-state index is 6.24. The third-order valence-corrected chi connectivity index (χ3v) is 7.25. The van der Waals surface area contributed by atoms with Crippen molar-refractivity contribution >= 4 is 23.8 Å². The fourth-order valence-corrected chi connectivity index (χ4v) is 5.13. The molecular formula is C31H40N6O2. The van der Waals surface area contributed by atoms with Crippen LogP contribution in [0.5, 0.6) is 11.5 Å². The Morgan fingerprint density at radius 2 is 1.59 bits per heavy atom. The van der Waals surface area contributed by atoms with Gasteiger partial charge in [0.15, 0.2) is 17.3 Å². The molecule has 39 heavy (non-hydrogen) atoms. The number of anilines is 3. The summed E-state index contributed by atoms with van der Waals surface area (Å²) in [7, 11) is 0. The highest BCUT2D eigenvalue weighted by Crippen LogP contribution is 2.32. The molecule has 3 aromatic rings. The highest BCUT2D eigenvalue weighted by Gasteiger charge is 2.19. The molecule has 8 nitrogen and oxygen atoms in total. The lowest BCUT2D eigenvalue weighted by Crippen LogP contribution is -2.33. The maximum atomic E-state index is 6.24. The number of rotatable bonds is 10. The van der Waals surface area contributed by atoms with Crippen molar-refractivity contribution in [2.75, 3.05) is 48.0 Å². The van der Waals surface area contributed by atoms with Crippen molar-refractivity contribution in [1.29, 1.82) is 0 Å². The summed E-state index contributed by atoms with van der Waals surface area (Å²) in [6, 6.07) is 18.1. The smallest absolute Gasteiger partial charge is 0.229 e. The number of aromatic nitrogens is 2. The van der Waals surface area contributed by atoms with Crippen molar-refractivity contribution in [3.63, 3.8) is 0 Å². The molecule has 0 saturated carbocycles. The first-order chi connectivity index (χ1) is 19.2. The van der Waals surface area contributed by atoms with Gasteiger partial charge in [0.2, 0.25) is 5.95 Å². The van der Waals surface area contributed by atoms with Crippen LogP contribution in [0.2, 0.25) is 0 Å². The second-order valence-corrected chi connectivity index (χ2v) is 10.2. The van der Waals surface area contributed by atoms with E-state index in [2.05, 4.69) is 32.5 Å². The van der Waals surface area contributed by atoms with E-state index in [1.165, 1.54) is 38.5 Å². The van der Waals surface area contributed by atoms with Crippen LogP contribution in [0, 0.1) is 0 Å². The predicted molar refractivity (Wildman–Crippen MR) is 158 cm³/mol. The summed E-state index contributed by atoms with van der Waals surface area (Å²) in [6.45, 7) is 8.65. The van der Waals surface area contributed by atoms with Crippen LogP contribution < -0.4 is 24.7 Å². The van der Waals surface area contributed by atoms with Gasteiger partial charge in [-0.2, -0.15) is 15.1 Å². The Hall–Kier alpha value is -3.81. The lowest BCUT2D eigenvalue weighted by Gasteiger charge is -2.31. The van der Waals surface area contributed by atoms with E-state index < -0.39 is 0 Å². The normalized spacial score (nSPS) is 16.8. The summed E-state index contributed by atoms with van der Waals surface area (Å²) in [5.74, 6) is 3.90. The Morgan fingerprint density at radius 1 is 0.872 bits per heavy atom. The van der Waals surface area contributed by atoms with Gasteiger partial charge in [0.05, 0.1) is 12.8 Å². The Kier molecular flexibility index (Phi) is 9.14. The van der Waals surface area contributed by atoms with E-state index in [1.54, 1.807) is 6.21 Å². The molecule has 2 saturated heterocycles. The fraction of sp³-hybridized carbons (Fsp3) is 0.452. The lowest BCUT2D eigenvalue weighted by molar-refractivity contribution is 0.211. The Labute approximate surface area is 232 Å². The highest BCUT2D eigenvalue weighted by molar-refractivity contribution is 5.81. The highest BCUT2D eigenvalue weighted by atomic mass is 16.5. The average Bonchev–Trinajstić information content (AvgIpc) is 3.00. The first-order valence-electron chi connectivity index (χ1n) is 14.4. The SMILES string of the molecule is CCOc1cc(/C=N\Nc2cc(N3CCCCC3)nc(N3CCCCC3)n2)ccc1O[C@H](C)c1ccccc1. The van der Waals surface area contributed by atoms with E-state index in [0.717, 1.165) is 49.1 Å². The fourth-order valence-electron chi connectivity index (χ4n) is 5.13. The molecule has 0 spiro atoms. The van der Waals surface area contributed by atoms with Gasteiger partial charge >= 0.3 is 0 Å². The van der Waals surface area contributed by atoms with E-state index in [0.29, 0.717) is 23.9 Å². The second kappa shape index (κ2) is 13.3. The quantitative estimate of drug-likeness (QED) is 0.240. The molecule has 2 aromatic carbocycles. The molecule has 1 aromatic heterocycles. The monoisotopic (exact) mass is 528 g/mol. The molecule has 0 aliphatic carbocycles. The molecule has 5 rings (SSSR count). The van der Waals surface area contributed by atoms with Crippen molar-refractivity contribution in [3.8, 4) is 11.5 Å². The van der Waals surface area contributed by atoms with Crippen molar-refractivity contribution < 1.29 is 9.47 Å². The largest absolute Gasteiger partial charge is 0.490 e. The molecule has 1 atom stereocenters. The molecule has 2 aliphatic rings. The maximum Gasteiger partial charge on any atom is 0.229 e. The topological polar surface area (TPSA) is 75.1 Å². The van der Waals surface area contributed by atoms with Crippen LogP contribution in [0.4, 0.5) is 17.6 Å². The first kappa shape index (κ1) is 26.8. The minimum absolute atomic E-state index is 0.0902. The molecule has 0 radical (unpaired) electrons. The predicted octanol–water partition coefficient (Wildman–Crippen LogP) is 6.44. The molecule has 1 N–H and O–H groups in total. The number of nitrogens with one attached hydrogen (secondary N) is 1. The van der Waals surface area contributed by atoms with E-state index in [-0.39, 0.29) is 6.10 Å². The van der Waals surface area contributed by atoms with Gasteiger partial charge in [-0.25, -0.2) is 0 Å². The van der Waals surface area contributed by atoms with E-state index in [4.69, 9.17) is 19.4 Å². The van der Waals surface area contributed by atoms with Crippen LogP contribution in [0.1, 0.15) is 69.6 Å². The van der Waals surface area contributed by atoms with Gasteiger partial charge in [-0.15, -0.1) is 0 Å². The van der Waals surface area contributed by atoms with Gasteiger partial charge in [0.25, 0.3) is 0 Å². The Morgan fingerprint density at radius 3 is 2.31 bits per heavy atom. The molecule has 8 heteroatoms. The third kappa shape index (κ3) is 7.19. The Bertz CT molecular complexity index is 1190. The zero-order valence-electron chi connectivity index (χ0n) is 23.2. The molecule has 0 unspecified atom stereocenters. The lowest BCUT2D eigenvalue weighted by atomic mass is 10.1. The van der Waals surface area contributed by atoms with Crippen LogP contribution in [-0.4, -0.2) is 49.0 Å². The number of hydrogen-bond acceptors (Lipinski definition) is 8. The van der Waals surface area contributed by atoms with Gasteiger partial charge in [0, 0.05) is 32.2 Å². The van der Waals surface area contributed by atoms with Gasteiger partial charge in [0.1, 0.15) is 11.9 Å². The van der Waals surface area contributed by atoms with E-state index in [1.807, 2.05) is 56.3 Å². The van der Waals surface area contributed by atoms with Crippen LogP contribution in [0.3, 0.4) is 0 Å². The van der Waals surface area contributed by atoms with Gasteiger partial charge in [-0.1, -0.05) is 30.3 Å². The van der Waals surface area contributed by atoms with Gasteiger partial charge < -0.3 is 19.3 Å². The summed E-state index contributed by atoms with van der Waals surface area (Å²) in [5, 5.41) is 4.53. The number of nitrogens with zero attached hydrogens (tertiary/aromatic N) is 5. The van der Waals surface area contributed by atoms with Crippen molar-refractivity contribution in [1.82, 2.24) is 9.97 Å². The summed E-state index contributed by atoms with van der Waals surface area (Å²) in [4.78, 5) is 14.4. The number of piperidine rings is 2. The van der Waals surface area contributed by atoms with Crippen LogP contribution in [0.25, 0.3) is 0 Å². The average molecular weight is 529 g/mol. The first-order valence-corrected chi connectivity index (χ1v) is 14.4. The molecule has 2 fully saturated rings. The minimum Gasteiger partial charge on any atom is -0.490 e. The zero-order chi connectivity index (χ0) is 26.9. The summed E-state index contributed by atoms with van der Waals surface area (Å²) in [5.41, 5.74) is 5.19. The number of benzene rings is 2. The van der Waals surface area contributed by atoms with Crippen LogP contribution in [0.15, 0.2) is 59.7 Å². The van der Waals surface area contributed by atoms with Crippen LogP contribution >= 0.6 is 0 Å². The zero-order valence-corrected chi connectivity index (χ0v) is 23.2. The number of hydrazone groups is 1. The Balaban J connectivity index is 1.31. The summed E-state index contributed by atoms with van der Waals surface area (Å²) in [6.07, 6.45) is 9.04. The van der Waals surface area contributed by atoms with Crippen molar-refractivity contribution in [3.05, 3.63) is 65.7 Å². The standard InChI is InChI=1S/C31H40N6O2/c1-3-38-28-21-25(15-16-27(28)39-24(2)26-13-7-4-8-14-26)23-32-35-29-22-30(36-17-9-5-10-18-36)34-31(33-29)37-19-11-6-12-20-37/h4,7-8,13-16,21-24H,3,5-6,9-12,17-20H2,1-2H3,(H,33,34,35)/b32-23-/t24-/m1/s1. The van der Waals surface area contributed by atoms with Gasteiger partial charge in [-0.3, -0.25) is 5.43 Å². The summed E-state index contributed by atoms with van der Waals surface area (Å²) >= 11 is 0. The third-order valence-electron chi connectivity index (χ3n) is 7.25. The molecule has 0 amide bonds. The second-order valence-electron chi connectivity index (χ2n) is 10.2. The van der Waals surface area contributed by atoms with Gasteiger partial charge in [-0.05, 0) is 81.7 Å². The number of ether oxygens (including phenoxy) is 2. The molecular weight excluding hydrogens is 488 g/mol. The molecule has 206 valence electrons. The minimum atomic E-state index is -0.0902. The molecule has 0 bridgehead atoms. The van der Waals surface area contributed by atoms with E-state index >= 15 is 0 Å².